The number of benzene rings is 2. The number of piperazine rings is 1. The summed E-state index contributed by atoms with van der Waals surface area (Å²) in [5.41, 5.74) is 0.974. The third-order valence-corrected chi connectivity index (χ3v) is 5.07. The molecule has 3 rings (SSSR count). The summed E-state index contributed by atoms with van der Waals surface area (Å²) in [5.74, 6) is 0.761. The molecule has 4 nitrogen and oxygen atoms in total. The number of carbonyl (C=O) groups excluding carboxylic acids is 1. The maximum Gasteiger partial charge on any atom is 0.193 e. The Hall–Kier alpha value is -1.88. The summed E-state index contributed by atoms with van der Waals surface area (Å²) in [7, 11) is 2.16. The quantitative estimate of drug-likeness (QED) is 0.703. The Labute approximate surface area is 166 Å². The van der Waals surface area contributed by atoms with Gasteiger partial charge in [-0.1, -0.05) is 11.6 Å². The topological polar surface area (TPSA) is 32.8 Å². The minimum Gasteiger partial charge on any atom is -0.487 e. The van der Waals surface area contributed by atoms with E-state index in [0.717, 1.165) is 38.5 Å². The number of halogens is 1. The van der Waals surface area contributed by atoms with Crippen LogP contribution in [-0.4, -0.2) is 61.0 Å². The van der Waals surface area contributed by atoms with E-state index in [0.29, 0.717) is 16.1 Å². The van der Waals surface area contributed by atoms with Crippen molar-refractivity contribution in [1.29, 1.82) is 0 Å². The van der Waals surface area contributed by atoms with Gasteiger partial charge in [0.15, 0.2) is 5.78 Å². The largest absolute Gasteiger partial charge is 0.487 e. The van der Waals surface area contributed by atoms with Crippen molar-refractivity contribution < 1.29 is 9.53 Å². The second-order valence-electron chi connectivity index (χ2n) is 7.80. The highest BCUT2D eigenvalue weighted by Gasteiger charge is 2.25. The van der Waals surface area contributed by atoms with E-state index in [1.54, 1.807) is 24.3 Å². The molecule has 0 aromatic heterocycles. The number of ether oxygens (including phenoxy) is 1. The lowest BCUT2D eigenvalue weighted by Crippen LogP contribution is -2.50. The maximum absolute atomic E-state index is 12.5. The van der Waals surface area contributed by atoms with Gasteiger partial charge in [-0.3, -0.25) is 9.69 Å². The molecule has 1 aliphatic rings. The van der Waals surface area contributed by atoms with Gasteiger partial charge in [0.1, 0.15) is 11.4 Å². The Morgan fingerprint density at radius 2 is 1.48 bits per heavy atom. The fourth-order valence-corrected chi connectivity index (χ4v) is 3.46. The lowest BCUT2D eigenvalue weighted by molar-refractivity contribution is 0.0402. The summed E-state index contributed by atoms with van der Waals surface area (Å²) in [6.45, 7) is 9.42. The van der Waals surface area contributed by atoms with Crippen LogP contribution in [0.25, 0.3) is 0 Å². The SMILES string of the molecule is CN1CCN(CC(C)(C)Oc2ccc(C(=O)c3ccc(Cl)cc3)cc2)CC1. The Morgan fingerprint density at radius 1 is 0.963 bits per heavy atom. The van der Waals surface area contributed by atoms with Crippen molar-refractivity contribution in [3.05, 3.63) is 64.7 Å². The fraction of sp³-hybridized carbons (Fsp3) is 0.409. The first-order valence-corrected chi connectivity index (χ1v) is 9.70. The average molecular weight is 387 g/mol. The molecular weight excluding hydrogens is 360 g/mol. The molecule has 1 saturated heterocycles. The summed E-state index contributed by atoms with van der Waals surface area (Å²) >= 11 is 5.89. The molecule has 0 amide bonds. The van der Waals surface area contributed by atoms with Crippen molar-refractivity contribution in [2.24, 2.45) is 0 Å². The molecule has 0 N–H and O–H groups in total. The molecule has 1 fully saturated rings. The molecule has 1 aliphatic heterocycles. The van der Waals surface area contributed by atoms with Crippen LogP contribution in [0.1, 0.15) is 29.8 Å². The number of likely N-dealkylation sites (N-methyl/N-ethyl adjacent to an activating group) is 1. The van der Waals surface area contributed by atoms with E-state index in [9.17, 15) is 4.79 Å². The zero-order valence-electron chi connectivity index (χ0n) is 16.2. The molecule has 1 heterocycles. The van der Waals surface area contributed by atoms with Crippen LogP contribution < -0.4 is 4.74 Å². The molecule has 5 heteroatoms. The lowest BCUT2D eigenvalue weighted by atomic mass is 10.0. The Bertz CT molecular complexity index is 764. The highest BCUT2D eigenvalue weighted by atomic mass is 35.5. The third kappa shape index (κ3) is 5.55. The van der Waals surface area contributed by atoms with Crippen molar-refractivity contribution in [2.45, 2.75) is 19.4 Å². The van der Waals surface area contributed by atoms with Crippen LogP contribution in [0.15, 0.2) is 48.5 Å². The highest BCUT2D eigenvalue weighted by molar-refractivity contribution is 6.30. The van der Waals surface area contributed by atoms with Gasteiger partial charge in [-0.2, -0.15) is 0 Å². The number of hydrogen-bond donors (Lipinski definition) is 0. The van der Waals surface area contributed by atoms with Gasteiger partial charge >= 0.3 is 0 Å². The predicted molar refractivity (Wildman–Crippen MR) is 110 cm³/mol. The van der Waals surface area contributed by atoms with Crippen LogP contribution in [0.2, 0.25) is 5.02 Å². The minimum absolute atomic E-state index is 0.0186. The summed E-state index contributed by atoms with van der Waals surface area (Å²) in [4.78, 5) is 17.3. The zero-order chi connectivity index (χ0) is 19.4. The Morgan fingerprint density at radius 3 is 2.04 bits per heavy atom. The van der Waals surface area contributed by atoms with E-state index in [1.807, 2.05) is 24.3 Å². The molecule has 0 atom stereocenters. The molecule has 27 heavy (non-hydrogen) atoms. The molecule has 0 spiro atoms. The molecule has 0 aliphatic carbocycles. The van der Waals surface area contributed by atoms with Gasteiger partial charge in [0, 0.05) is 48.9 Å². The van der Waals surface area contributed by atoms with Gasteiger partial charge in [0.25, 0.3) is 0 Å². The van der Waals surface area contributed by atoms with Gasteiger partial charge in [-0.25, -0.2) is 0 Å². The van der Waals surface area contributed by atoms with E-state index in [-0.39, 0.29) is 11.4 Å². The standard InChI is InChI=1S/C22H27ClN2O2/c1-22(2,16-25-14-12-24(3)13-15-25)27-20-10-6-18(7-11-20)21(26)17-4-8-19(23)9-5-17/h4-11H,12-16H2,1-3H3. The highest BCUT2D eigenvalue weighted by Crippen LogP contribution is 2.22. The van der Waals surface area contributed by atoms with Gasteiger partial charge in [0.05, 0.1) is 0 Å². The van der Waals surface area contributed by atoms with E-state index in [4.69, 9.17) is 16.3 Å². The van der Waals surface area contributed by atoms with Crippen molar-refractivity contribution >= 4 is 17.4 Å². The third-order valence-electron chi connectivity index (χ3n) is 4.82. The monoisotopic (exact) mass is 386 g/mol. The second kappa shape index (κ2) is 8.42. The molecule has 2 aromatic rings. The van der Waals surface area contributed by atoms with Crippen LogP contribution in [0.4, 0.5) is 0 Å². The van der Waals surface area contributed by atoms with Crippen LogP contribution in [0, 0.1) is 0 Å². The van der Waals surface area contributed by atoms with Crippen LogP contribution in [0.3, 0.4) is 0 Å². The normalized spacial score (nSPS) is 16.3. The summed E-state index contributed by atoms with van der Waals surface area (Å²) in [5, 5.41) is 0.623. The average Bonchev–Trinajstić information content (AvgIpc) is 2.64. The molecule has 0 saturated carbocycles. The van der Waals surface area contributed by atoms with Crippen LogP contribution >= 0.6 is 11.6 Å². The summed E-state index contributed by atoms with van der Waals surface area (Å²) in [6.07, 6.45) is 0. The maximum atomic E-state index is 12.5. The number of carbonyl (C=O) groups is 1. The summed E-state index contributed by atoms with van der Waals surface area (Å²) in [6, 6.07) is 14.3. The van der Waals surface area contributed by atoms with E-state index in [2.05, 4.69) is 30.7 Å². The van der Waals surface area contributed by atoms with Crippen molar-refractivity contribution in [3.8, 4) is 5.75 Å². The first kappa shape index (κ1) is 19.9. The molecule has 0 radical (unpaired) electrons. The van der Waals surface area contributed by atoms with Crippen LogP contribution in [-0.2, 0) is 0 Å². The number of nitrogens with zero attached hydrogens (tertiary/aromatic N) is 2. The zero-order valence-corrected chi connectivity index (χ0v) is 17.0. The number of ketones is 1. The van der Waals surface area contributed by atoms with Gasteiger partial charge in [-0.15, -0.1) is 0 Å². The second-order valence-corrected chi connectivity index (χ2v) is 8.24. The number of hydrogen-bond acceptors (Lipinski definition) is 4. The van der Waals surface area contributed by atoms with E-state index >= 15 is 0 Å². The van der Waals surface area contributed by atoms with Crippen molar-refractivity contribution in [1.82, 2.24) is 9.80 Å². The number of rotatable bonds is 6. The van der Waals surface area contributed by atoms with E-state index in [1.165, 1.54) is 0 Å². The molecule has 2 aromatic carbocycles. The lowest BCUT2D eigenvalue weighted by Gasteiger charge is -2.37. The minimum atomic E-state index is -0.294. The van der Waals surface area contributed by atoms with Crippen LogP contribution in [0.5, 0.6) is 5.75 Å². The molecule has 0 unspecified atom stereocenters. The fourth-order valence-electron chi connectivity index (χ4n) is 3.34. The van der Waals surface area contributed by atoms with Gasteiger partial charge < -0.3 is 9.64 Å². The van der Waals surface area contributed by atoms with E-state index < -0.39 is 0 Å². The Kier molecular flexibility index (Phi) is 6.20. The van der Waals surface area contributed by atoms with Crippen molar-refractivity contribution in [2.75, 3.05) is 39.8 Å². The van der Waals surface area contributed by atoms with Gasteiger partial charge in [0.2, 0.25) is 0 Å². The molecule has 0 bridgehead atoms. The summed E-state index contributed by atoms with van der Waals surface area (Å²) < 4.78 is 6.20. The van der Waals surface area contributed by atoms with Crippen molar-refractivity contribution in [3.63, 3.8) is 0 Å². The first-order valence-electron chi connectivity index (χ1n) is 9.33. The smallest absolute Gasteiger partial charge is 0.193 e. The molecular formula is C22H27ClN2O2. The first-order chi connectivity index (χ1) is 12.8. The van der Waals surface area contributed by atoms with Gasteiger partial charge in [-0.05, 0) is 69.4 Å². The molecule has 144 valence electrons. The predicted octanol–water partition coefficient (Wildman–Crippen LogP) is 3.98. The Balaban J connectivity index is 1.61.